The monoisotopic (exact) mass is 474 g/mol. The van der Waals surface area contributed by atoms with Crippen molar-refractivity contribution in [3.8, 4) is 5.88 Å². The number of likely N-dealkylation sites (tertiary alicyclic amines) is 1. The number of hydrogen-bond acceptors (Lipinski definition) is 5. The zero-order chi connectivity index (χ0) is 25.1. The second-order valence-corrected chi connectivity index (χ2v) is 10.3. The number of halogens is 2. The highest BCUT2D eigenvalue weighted by Crippen LogP contribution is 2.40. The van der Waals surface area contributed by atoms with Crippen LogP contribution in [0.15, 0.2) is 36.4 Å². The maximum absolute atomic E-state index is 13.8. The van der Waals surface area contributed by atoms with Crippen LogP contribution in [-0.2, 0) is 10.2 Å². The van der Waals surface area contributed by atoms with E-state index in [4.69, 9.17) is 5.73 Å². The standard InChI is InChI=1S/C26H36F2N4O2/c1-17(2)19-9-6-7-10-20(19)26(15-32(16-26)14-8-13-25(4,5)29)23(33)31-21-12-11-18(3)30-22(21)34-24(27)28/h6-7,9-12,17,24H,8,13-16,29H2,1-5H3,(H,31,33). The lowest BCUT2D eigenvalue weighted by Crippen LogP contribution is -2.65. The first-order chi connectivity index (χ1) is 15.9. The summed E-state index contributed by atoms with van der Waals surface area (Å²) in [5.74, 6) is -0.301. The average molecular weight is 475 g/mol. The normalized spacial score (nSPS) is 15.9. The quantitative estimate of drug-likeness (QED) is 0.516. The van der Waals surface area contributed by atoms with Crippen molar-refractivity contribution in [2.75, 3.05) is 25.0 Å². The minimum Gasteiger partial charge on any atom is -0.415 e. The Morgan fingerprint density at radius 2 is 1.91 bits per heavy atom. The number of amides is 1. The van der Waals surface area contributed by atoms with Crippen LogP contribution in [0.5, 0.6) is 5.88 Å². The Labute approximate surface area is 200 Å². The molecule has 0 spiro atoms. The SMILES string of the molecule is Cc1ccc(NC(=O)C2(c3ccccc3C(C)C)CN(CCCC(C)(C)N)C2)c(OC(F)F)n1. The molecule has 0 unspecified atom stereocenters. The van der Waals surface area contributed by atoms with Gasteiger partial charge in [0.15, 0.2) is 0 Å². The van der Waals surface area contributed by atoms with Gasteiger partial charge in [0, 0.05) is 24.3 Å². The lowest BCUT2D eigenvalue weighted by molar-refractivity contribution is -0.128. The zero-order valence-electron chi connectivity index (χ0n) is 20.7. The number of nitrogens with zero attached hydrogens (tertiary/aromatic N) is 2. The second kappa shape index (κ2) is 10.4. The van der Waals surface area contributed by atoms with E-state index in [0.29, 0.717) is 18.8 Å². The molecule has 0 saturated carbocycles. The molecule has 0 bridgehead atoms. The molecule has 2 heterocycles. The minimum atomic E-state index is -3.04. The van der Waals surface area contributed by atoms with Gasteiger partial charge in [0.1, 0.15) is 5.69 Å². The maximum Gasteiger partial charge on any atom is 0.388 e. The molecule has 3 N–H and O–H groups in total. The number of rotatable bonds is 10. The lowest BCUT2D eigenvalue weighted by atomic mass is 9.69. The van der Waals surface area contributed by atoms with Gasteiger partial charge in [-0.2, -0.15) is 8.78 Å². The Balaban J connectivity index is 1.88. The van der Waals surface area contributed by atoms with Gasteiger partial charge >= 0.3 is 6.61 Å². The molecule has 1 amide bonds. The molecule has 186 valence electrons. The highest BCUT2D eigenvalue weighted by Gasteiger charge is 2.51. The van der Waals surface area contributed by atoms with Gasteiger partial charge in [-0.3, -0.25) is 4.79 Å². The first-order valence-corrected chi connectivity index (χ1v) is 11.8. The van der Waals surface area contributed by atoms with E-state index in [1.165, 1.54) is 0 Å². The summed E-state index contributed by atoms with van der Waals surface area (Å²) in [6.07, 6.45) is 1.82. The molecule has 6 nitrogen and oxygen atoms in total. The molecule has 3 rings (SSSR count). The van der Waals surface area contributed by atoms with Crippen LogP contribution in [0.25, 0.3) is 0 Å². The largest absolute Gasteiger partial charge is 0.415 e. The molecule has 34 heavy (non-hydrogen) atoms. The summed E-state index contributed by atoms with van der Waals surface area (Å²) in [6, 6.07) is 11.2. The number of carbonyl (C=O) groups is 1. The number of benzene rings is 1. The van der Waals surface area contributed by atoms with Crippen molar-refractivity contribution >= 4 is 11.6 Å². The van der Waals surface area contributed by atoms with E-state index in [-0.39, 0.29) is 28.9 Å². The van der Waals surface area contributed by atoms with Crippen LogP contribution < -0.4 is 15.8 Å². The average Bonchev–Trinajstić information content (AvgIpc) is 2.70. The van der Waals surface area contributed by atoms with E-state index in [9.17, 15) is 13.6 Å². The fourth-order valence-corrected chi connectivity index (χ4v) is 4.55. The third kappa shape index (κ3) is 6.10. The maximum atomic E-state index is 13.8. The van der Waals surface area contributed by atoms with Crippen molar-refractivity contribution in [1.29, 1.82) is 0 Å². The molecule has 0 aliphatic carbocycles. The number of pyridine rings is 1. The van der Waals surface area contributed by atoms with Crippen LogP contribution in [0.1, 0.15) is 63.3 Å². The first-order valence-electron chi connectivity index (χ1n) is 11.8. The van der Waals surface area contributed by atoms with Gasteiger partial charge in [0.2, 0.25) is 11.8 Å². The molecule has 1 aromatic heterocycles. The van der Waals surface area contributed by atoms with Crippen LogP contribution in [0, 0.1) is 6.92 Å². The third-order valence-corrected chi connectivity index (χ3v) is 6.26. The molecule has 1 fully saturated rings. The summed E-state index contributed by atoms with van der Waals surface area (Å²) >= 11 is 0. The zero-order valence-corrected chi connectivity index (χ0v) is 20.7. The number of anilines is 1. The smallest absolute Gasteiger partial charge is 0.388 e. The number of aromatic nitrogens is 1. The number of hydrogen-bond donors (Lipinski definition) is 2. The van der Waals surface area contributed by atoms with Gasteiger partial charge < -0.3 is 20.7 Å². The molecule has 1 aliphatic rings. The Bertz CT molecular complexity index is 999. The molecular formula is C26H36F2N4O2. The van der Waals surface area contributed by atoms with Crippen molar-refractivity contribution in [1.82, 2.24) is 9.88 Å². The minimum absolute atomic E-state index is 0.139. The van der Waals surface area contributed by atoms with E-state index in [2.05, 4.69) is 33.8 Å². The van der Waals surface area contributed by atoms with E-state index in [1.807, 2.05) is 38.1 Å². The lowest BCUT2D eigenvalue weighted by Gasteiger charge is -2.50. The van der Waals surface area contributed by atoms with Crippen molar-refractivity contribution in [3.63, 3.8) is 0 Å². The second-order valence-electron chi connectivity index (χ2n) is 10.3. The van der Waals surface area contributed by atoms with Gasteiger partial charge in [0.05, 0.1) is 5.41 Å². The summed E-state index contributed by atoms with van der Waals surface area (Å²) in [5.41, 5.74) is 7.81. The van der Waals surface area contributed by atoms with E-state index >= 15 is 0 Å². The Morgan fingerprint density at radius 1 is 1.24 bits per heavy atom. The molecule has 8 heteroatoms. The highest BCUT2D eigenvalue weighted by molar-refractivity contribution is 6.01. The van der Waals surface area contributed by atoms with Gasteiger partial charge in [0.25, 0.3) is 0 Å². The van der Waals surface area contributed by atoms with Gasteiger partial charge in [-0.15, -0.1) is 0 Å². The van der Waals surface area contributed by atoms with Gasteiger partial charge in [-0.25, -0.2) is 4.98 Å². The Hall–Kier alpha value is -2.58. The predicted octanol–water partition coefficient (Wildman–Crippen LogP) is 4.82. The summed E-state index contributed by atoms with van der Waals surface area (Å²) in [4.78, 5) is 20.1. The first kappa shape index (κ1) is 26.0. The number of aryl methyl sites for hydroxylation is 1. The fraction of sp³-hybridized carbons (Fsp3) is 0.538. The molecule has 2 aromatic rings. The molecule has 1 saturated heterocycles. The molecular weight excluding hydrogens is 438 g/mol. The van der Waals surface area contributed by atoms with Crippen molar-refractivity contribution in [2.45, 2.75) is 70.9 Å². The summed E-state index contributed by atoms with van der Waals surface area (Å²) in [5, 5.41) is 2.84. The predicted molar refractivity (Wildman–Crippen MR) is 130 cm³/mol. The van der Waals surface area contributed by atoms with Crippen LogP contribution in [0.4, 0.5) is 14.5 Å². The third-order valence-electron chi connectivity index (χ3n) is 6.26. The van der Waals surface area contributed by atoms with Gasteiger partial charge in [-0.1, -0.05) is 38.1 Å². The number of nitrogens with one attached hydrogen (secondary N) is 1. The van der Waals surface area contributed by atoms with Crippen LogP contribution in [0.2, 0.25) is 0 Å². The van der Waals surface area contributed by atoms with Crippen LogP contribution >= 0.6 is 0 Å². The number of carbonyl (C=O) groups excluding carboxylic acids is 1. The van der Waals surface area contributed by atoms with Crippen molar-refractivity contribution < 1.29 is 18.3 Å². The van der Waals surface area contributed by atoms with E-state index < -0.39 is 12.0 Å². The molecule has 0 atom stereocenters. The number of nitrogens with two attached hydrogens (primary N) is 1. The molecule has 0 radical (unpaired) electrons. The van der Waals surface area contributed by atoms with Crippen molar-refractivity contribution in [3.05, 3.63) is 53.2 Å². The van der Waals surface area contributed by atoms with Crippen LogP contribution in [-0.4, -0.2) is 47.6 Å². The number of ether oxygens (including phenoxy) is 1. The fourth-order valence-electron chi connectivity index (χ4n) is 4.55. The number of alkyl halides is 2. The topological polar surface area (TPSA) is 80.5 Å². The summed E-state index contributed by atoms with van der Waals surface area (Å²) in [6.45, 7) is 8.78. The van der Waals surface area contributed by atoms with Crippen molar-refractivity contribution in [2.24, 2.45) is 5.73 Å². The molecule has 1 aromatic carbocycles. The van der Waals surface area contributed by atoms with Gasteiger partial charge in [-0.05, 0) is 69.3 Å². The highest BCUT2D eigenvalue weighted by atomic mass is 19.3. The van der Waals surface area contributed by atoms with Crippen LogP contribution in [0.3, 0.4) is 0 Å². The Morgan fingerprint density at radius 3 is 2.53 bits per heavy atom. The van der Waals surface area contributed by atoms with E-state index in [0.717, 1.165) is 30.5 Å². The molecule has 1 aliphatic heterocycles. The summed E-state index contributed by atoms with van der Waals surface area (Å²) < 4.78 is 30.5. The summed E-state index contributed by atoms with van der Waals surface area (Å²) in [7, 11) is 0. The van der Waals surface area contributed by atoms with E-state index in [1.54, 1.807) is 19.1 Å². The Kier molecular flexibility index (Phi) is 7.93.